The second kappa shape index (κ2) is 6.70. The van der Waals surface area contributed by atoms with Gasteiger partial charge in [-0.25, -0.2) is 8.42 Å². The Hall–Kier alpha value is -1.64. The van der Waals surface area contributed by atoms with Crippen molar-refractivity contribution >= 4 is 9.84 Å². The van der Waals surface area contributed by atoms with Crippen LogP contribution in [0.2, 0.25) is 0 Å². The molecule has 2 aromatic rings. The van der Waals surface area contributed by atoms with Crippen LogP contribution in [0.5, 0.6) is 0 Å². The number of aliphatic hydroxyl groups excluding tert-OH is 1. The summed E-state index contributed by atoms with van der Waals surface area (Å²) in [6, 6.07) is 5.80. The predicted molar refractivity (Wildman–Crippen MR) is 89.1 cm³/mol. The Labute approximate surface area is 141 Å². The van der Waals surface area contributed by atoms with Crippen molar-refractivity contribution in [1.82, 2.24) is 14.7 Å². The van der Waals surface area contributed by atoms with Crippen molar-refractivity contribution in [3.63, 3.8) is 0 Å². The monoisotopic (exact) mass is 353 g/mol. The van der Waals surface area contributed by atoms with Crippen molar-refractivity contribution < 1.29 is 17.9 Å². The molecule has 1 atom stereocenters. The largest absolute Gasteiger partial charge is 0.465 e. The summed E-state index contributed by atoms with van der Waals surface area (Å²) in [6.45, 7) is 5.03. The van der Waals surface area contributed by atoms with Crippen LogP contribution in [0.1, 0.15) is 35.9 Å². The van der Waals surface area contributed by atoms with Gasteiger partial charge in [0.05, 0.1) is 30.2 Å². The molecule has 132 valence electrons. The van der Waals surface area contributed by atoms with Crippen molar-refractivity contribution in [2.75, 3.05) is 18.6 Å². The minimum Gasteiger partial charge on any atom is -0.465 e. The van der Waals surface area contributed by atoms with Gasteiger partial charge in [0, 0.05) is 25.8 Å². The van der Waals surface area contributed by atoms with Crippen molar-refractivity contribution in [3.05, 3.63) is 41.1 Å². The molecule has 0 fully saturated rings. The molecule has 0 spiro atoms. The molecule has 3 heterocycles. The van der Waals surface area contributed by atoms with Gasteiger partial charge in [-0.05, 0) is 18.2 Å². The number of hydrogen-bond acceptors (Lipinski definition) is 6. The molecule has 1 unspecified atom stereocenters. The molecular weight excluding hydrogens is 330 g/mol. The second-order valence-corrected chi connectivity index (χ2v) is 8.51. The third kappa shape index (κ3) is 4.06. The van der Waals surface area contributed by atoms with Crippen LogP contribution in [0.3, 0.4) is 0 Å². The highest BCUT2D eigenvalue weighted by Crippen LogP contribution is 2.21. The molecular formula is C16H23N3O4S. The number of hydrogen-bond donors (Lipinski definition) is 1. The van der Waals surface area contributed by atoms with Gasteiger partial charge in [-0.15, -0.1) is 0 Å². The highest BCUT2D eigenvalue weighted by atomic mass is 32.2. The van der Waals surface area contributed by atoms with Gasteiger partial charge in [0.15, 0.2) is 0 Å². The third-order valence-electron chi connectivity index (χ3n) is 4.14. The van der Waals surface area contributed by atoms with Gasteiger partial charge >= 0.3 is 0 Å². The molecule has 0 bridgehead atoms. The molecule has 8 heteroatoms. The predicted octanol–water partition coefficient (Wildman–Crippen LogP) is 1.13. The van der Waals surface area contributed by atoms with E-state index in [9.17, 15) is 13.5 Å². The molecule has 1 N–H and O–H groups in total. The normalized spacial score (nSPS) is 17.0. The van der Waals surface area contributed by atoms with E-state index < -0.39 is 15.9 Å². The minimum atomic E-state index is -3.25. The minimum absolute atomic E-state index is 0.306. The Morgan fingerprint density at radius 2 is 2.08 bits per heavy atom. The molecule has 0 amide bonds. The van der Waals surface area contributed by atoms with Crippen LogP contribution < -0.4 is 0 Å². The standard InChI is InChI=1S/C16H23N3O4S/c1-3-13-4-5-14(23-13)10-18-6-7-19-12(9-18)8-15(17-19)16(20)11-24(2,21)22/h4-5,8,16,20H,3,6-7,9-11H2,1-2H3. The van der Waals surface area contributed by atoms with E-state index in [0.29, 0.717) is 18.8 Å². The zero-order chi connectivity index (χ0) is 17.3. The number of aliphatic hydroxyl groups is 1. The molecule has 0 aromatic carbocycles. The van der Waals surface area contributed by atoms with Gasteiger partial charge in [-0.3, -0.25) is 9.58 Å². The van der Waals surface area contributed by atoms with Crippen molar-refractivity contribution in [2.45, 2.75) is 39.1 Å². The molecule has 0 saturated carbocycles. The maximum Gasteiger partial charge on any atom is 0.150 e. The zero-order valence-corrected chi connectivity index (χ0v) is 14.8. The fourth-order valence-corrected chi connectivity index (χ4v) is 3.67. The van der Waals surface area contributed by atoms with E-state index in [4.69, 9.17) is 4.42 Å². The molecule has 2 aromatic heterocycles. The summed E-state index contributed by atoms with van der Waals surface area (Å²) in [4.78, 5) is 2.25. The van der Waals surface area contributed by atoms with Gasteiger partial charge in [0.2, 0.25) is 0 Å². The summed E-state index contributed by atoms with van der Waals surface area (Å²) in [5, 5.41) is 14.4. The van der Waals surface area contributed by atoms with E-state index in [-0.39, 0.29) is 5.75 Å². The number of aromatic nitrogens is 2. The first-order valence-electron chi connectivity index (χ1n) is 8.06. The highest BCUT2D eigenvalue weighted by molar-refractivity contribution is 7.90. The molecule has 7 nitrogen and oxygen atoms in total. The summed E-state index contributed by atoms with van der Waals surface area (Å²) in [5.41, 5.74) is 1.40. The lowest BCUT2D eigenvalue weighted by Crippen LogP contribution is -2.33. The average molecular weight is 353 g/mol. The number of aryl methyl sites for hydroxylation is 1. The van der Waals surface area contributed by atoms with Crippen molar-refractivity contribution in [3.8, 4) is 0 Å². The Bertz CT molecular complexity index is 809. The van der Waals surface area contributed by atoms with E-state index >= 15 is 0 Å². The highest BCUT2D eigenvalue weighted by Gasteiger charge is 2.23. The second-order valence-electron chi connectivity index (χ2n) is 6.32. The van der Waals surface area contributed by atoms with Crippen LogP contribution in [0.4, 0.5) is 0 Å². The lowest BCUT2D eigenvalue weighted by atomic mass is 10.2. The lowest BCUT2D eigenvalue weighted by molar-refractivity contribution is 0.185. The summed E-state index contributed by atoms with van der Waals surface area (Å²) in [7, 11) is -3.25. The Kier molecular flexibility index (Phi) is 4.80. The molecule has 0 radical (unpaired) electrons. The topological polar surface area (TPSA) is 88.6 Å². The van der Waals surface area contributed by atoms with Gasteiger partial charge in [0.25, 0.3) is 0 Å². The van der Waals surface area contributed by atoms with E-state index in [1.165, 1.54) is 0 Å². The van der Waals surface area contributed by atoms with Crippen LogP contribution in [0.15, 0.2) is 22.6 Å². The van der Waals surface area contributed by atoms with Crippen molar-refractivity contribution in [1.29, 1.82) is 0 Å². The van der Waals surface area contributed by atoms with E-state index in [1.807, 2.05) is 16.8 Å². The number of rotatable bonds is 6. The summed E-state index contributed by atoms with van der Waals surface area (Å²) in [6.07, 6.45) is 0.916. The van der Waals surface area contributed by atoms with Crippen LogP contribution in [-0.2, 0) is 35.9 Å². The molecule has 1 aliphatic heterocycles. The molecule has 24 heavy (non-hydrogen) atoms. The van der Waals surface area contributed by atoms with E-state index in [1.54, 1.807) is 6.07 Å². The SMILES string of the molecule is CCc1ccc(CN2CCn3nc(C(O)CS(C)(=O)=O)cc3C2)o1. The number of sulfone groups is 1. The lowest BCUT2D eigenvalue weighted by Gasteiger charge is -2.26. The Morgan fingerprint density at radius 3 is 2.75 bits per heavy atom. The summed E-state index contributed by atoms with van der Waals surface area (Å²) >= 11 is 0. The van der Waals surface area contributed by atoms with Crippen molar-refractivity contribution in [2.24, 2.45) is 0 Å². The average Bonchev–Trinajstić information content (AvgIpc) is 3.11. The maximum atomic E-state index is 11.3. The Balaban J connectivity index is 1.67. The molecule has 0 aliphatic carbocycles. The van der Waals surface area contributed by atoms with Gasteiger partial charge in [-0.2, -0.15) is 5.10 Å². The first-order chi connectivity index (χ1) is 11.3. The van der Waals surface area contributed by atoms with Crippen LogP contribution in [0, 0.1) is 0 Å². The van der Waals surface area contributed by atoms with Crippen LogP contribution in [0.25, 0.3) is 0 Å². The smallest absolute Gasteiger partial charge is 0.150 e. The van der Waals surface area contributed by atoms with Gasteiger partial charge in [0.1, 0.15) is 27.5 Å². The number of nitrogens with zero attached hydrogens (tertiary/aromatic N) is 3. The fraction of sp³-hybridized carbons (Fsp3) is 0.562. The van der Waals surface area contributed by atoms with Crippen LogP contribution in [-0.4, -0.2) is 46.8 Å². The summed E-state index contributed by atoms with van der Waals surface area (Å²) in [5.74, 6) is 1.62. The first-order valence-corrected chi connectivity index (χ1v) is 10.1. The zero-order valence-electron chi connectivity index (χ0n) is 14.0. The van der Waals surface area contributed by atoms with Gasteiger partial charge in [-0.1, -0.05) is 6.92 Å². The summed E-state index contributed by atoms with van der Waals surface area (Å²) < 4.78 is 30.2. The maximum absolute atomic E-state index is 11.3. The number of furan rings is 1. The first kappa shape index (κ1) is 17.2. The number of fused-ring (bicyclic) bond motifs is 1. The van der Waals surface area contributed by atoms with Gasteiger partial charge < -0.3 is 9.52 Å². The molecule has 1 aliphatic rings. The van der Waals surface area contributed by atoms with Crippen LogP contribution >= 0.6 is 0 Å². The van der Waals surface area contributed by atoms with E-state index in [2.05, 4.69) is 16.9 Å². The quantitative estimate of drug-likeness (QED) is 0.838. The molecule has 0 saturated heterocycles. The molecule has 3 rings (SSSR count). The fourth-order valence-electron chi connectivity index (χ4n) is 2.93. The third-order valence-corrected chi connectivity index (χ3v) is 5.06. The van der Waals surface area contributed by atoms with E-state index in [0.717, 1.165) is 43.0 Å². The Morgan fingerprint density at radius 1 is 1.33 bits per heavy atom.